The lowest BCUT2D eigenvalue weighted by Crippen LogP contribution is -2.58. The van der Waals surface area contributed by atoms with Gasteiger partial charge in [-0.3, -0.25) is 9.59 Å². The molecule has 3 fully saturated rings. The van der Waals surface area contributed by atoms with Crippen molar-refractivity contribution >= 4 is 11.9 Å². The third-order valence-electron chi connectivity index (χ3n) is 5.99. The van der Waals surface area contributed by atoms with E-state index in [4.69, 9.17) is 9.47 Å². The Morgan fingerprint density at radius 2 is 2.18 bits per heavy atom. The van der Waals surface area contributed by atoms with Gasteiger partial charge < -0.3 is 14.6 Å². The first-order chi connectivity index (χ1) is 10.3. The molecule has 3 aliphatic rings. The largest absolute Gasteiger partial charge is 0.461 e. The summed E-state index contributed by atoms with van der Waals surface area (Å²) < 4.78 is 10.9. The molecule has 1 N–H and O–H groups in total. The van der Waals surface area contributed by atoms with Crippen LogP contribution in [-0.2, 0) is 19.1 Å². The molecule has 5 nitrogen and oxygen atoms in total. The minimum absolute atomic E-state index is 0.0676. The van der Waals surface area contributed by atoms with Crippen molar-refractivity contribution in [3.05, 3.63) is 12.2 Å². The summed E-state index contributed by atoms with van der Waals surface area (Å²) in [6, 6.07) is 0. The van der Waals surface area contributed by atoms with Crippen LogP contribution in [0.4, 0.5) is 0 Å². The van der Waals surface area contributed by atoms with Crippen LogP contribution in [0.15, 0.2) is 12.2 Å². The predicted octanol–water partition coefficient (Wildman–Crippen LogP) is 1.83. The zero-order chi connectivity index (χ0) is 16.2. The number of hydrogen-bond acceptors (Lipinski definition) is 5. The lowest BCUT2D eigenvalue weighted by Gasteiger charge is -2.54. The number of rotatable bonds is 1. The van der Waals surface area contributed by atoms with E-state index in [2.05, 4.69) is 6.58 Å². The van der Waals surface area contributed by atoms with Gasteiger partial charge in [-0.2, -0.15) is 0 Å². The second-order valence-corrected chi connectivity index (χ2v) is 7.33. The minimum Gasteiger partial charge on any atom is -0.461 e. The van der Waals surface area contributed by atoms with Crippen molar-refractivity contribution in [2.24, 2.45) is 23.2 Å². The van der Waals surface area contributed by atoms with Crippen molar-refractivity contribution in [3.8, 4) is 0 Å². The Morgan fingerprint density at radius 3 is 2.82 bits per heavy atom. The fraction of sp³-hybridized carbons (Fsp3) is 0.765. The molecule has 0 aromatic rings. The molecular weight excluding hydrogens is 284 g/mol. The van der Waals surface area contributed by atoms with E-state index in [1.165, 1.54) is 6.92 Å². The van der Waals surface area contributed by atoms with Crippen LogP contribution in [0.2, 0.25) is 0 Å². The Labute approximate surface area is 130 Å². The number of hydrogen-bond donors (Lipinski definition) is 1. The fourth-order valence-electron chi connectivity index (χ4n) is 4.80. The van der Waals surface area contributed by atoms with Crippen LogP contribution in [0.3, 0.4) is 0 Å². The van der Waals surface area contributed by atoms with Crippen LogP contribution in [0.1, 0.15) is 40.0 Å². The molecule has 2 aliphatic carbocycles. The van der Waals surface area contributed by atoms with Gasteiger partial charge in [0.2, 0.25) is 0 Å². The zero-order valence-electron chi connectivity index (χ0n) is 13.4. The van der Waals surface area contributed by atoms with E-state index >= 15 is 0 Å². The minimum atomic E-state index is -0.762. The summed E-state index contributed by atoms with van der Waals surface area (Å²) in [5.74, 6) is -0.510. The van der Waals surface area contributed by atoms with Gasteiger partial charge in [0.15, 0.2) is 0 Å². The summed E-state index contributed by atoms with van der Waals surface area (Å²) in [4.78, 5) is 23.2. The normalized spacial score (nSPS) is 47.5. The average Bonchev–Trinajstić information content (AvgIpc) is 2.70. The number of aliphatic hydroxyl groups excluding tert-OH is 1. The standard InChI is InChI=1S/C17H24O5/c1-8-7-12(21-10(3)18)15(19)17(4)6-5-11-9(2)16(20)22-14(11)13(8)17/h9,11-15,19H,1,5-7H2,2-4H3. The molecule has 0 radical (unpaired) electrons. The smallest absolute Gasteiger partial charge is 0.309 e. The summed E-state index contributed by atoms with van der Waals surface area (Å²) >= 11 is 0. The average molecular weight is 308 g/mol. The first kappa shape index (κ1) is 15.5. The Hall–Kier alpha value is -1.36. The maximum absolute atomic E-state index is 11.9. The third-order valence-corrected chi connectivity index (χ3v) is 5.99. The Bertz CT molecular complexity index is 527. The molecule has 7 unspecified atom stereocenters. The first-order valence-electron chi connectivity index (χ1n) is 7.99. The molecule has 0 spiro atoms. The van der Waals surface area contributed by atoms with Crippen molar-refractivity contribution in [2.75, 3.05) is 0 Å². The Morgan fingerprint density at radius 1 is 1.50 bits per heavy atom. The van der Waals surface area contributed by atoms with Crippen LogP contribution in [0, 0.1) is 23.2 Å². The number of esters is 2. The van der Waals surface area contributed by atoms with Crippen LogP contribution in [0.25, 0.3) is 0 Å². The molecule has 1 aliphatic heterocycles. The lowest BCUT2D eigenvalue weighted by molar-refractivity contribution is -0.180. The van der Waals surface area contributed by atoms with Crippen molar-refractivity contribution in [2.45, 2.75) is 58.3 Å². The lowest BCUT2D eigenvalue weighted by atomic mass is 9.53. The van der Waals surface area contributed by atoms with E-state index in [1.807, 2.05) is 13.8 Å². The van der Waals surface area contributed by atoms with Crippen LogP contribution in [0.5, 0.6) is 0 Å². The highest BCUT2D eigenvalue weighted by molar-refractivity contribution is 5.75. The highest BCUT2D eigenvalue weighted by atomic mass is 16.6. The molecule has 0 bridgehead atoms. The van der Waals surface area contributed by atoms with Gasteiger partial charge in [-0.05, 0) is 12.8 Å². The number of ether oxygens (including phenoxy) is 2. The van der Waals surface area contributed by atoms with Gasteiger partial charge in [-0.15, -0.1) is 0 Å². The Kier molecular flexibility index (Phi) is 3.59. The molecule has 1 saturated heterocycles. The summed E-state index contributed by atoms with van der Waals surface area (Å²) in [7, 11) is 0. The van der Waals surface area contributed by atoms with Crippen molar-refractivity contribution in [1.82, 2.24) is 0 Å². The highest BCUT2D eigenvalue weighted by Crippen LogP contribution is 2.57. The summed E-state index contributed by atoms with van der Waals surface area (Å²) in [6.45, 7) is 9.41. The molecule has 7 atom stereocenters. The molecule has 122 valence electrons. The highest BCUT2D eigenvalue weighted by Gasteiger charge is 2.61. The predicted molar refractivity (Wildman–Crippen MR) is 78.7 cm³/mol. The molecule has 2 saturated carbocycles. The topological polar surface area (TPSA) is 72.8 Å². The molecule has 0 amide bonds. The van der Waals surface area contributed by atoms with Gasteiger partial charge in [-0.1, -0.05) is 26.0 Å². The van der Waals surface area contributed by atoms with Gasteiger partial charge in [0, 0.05) is 30.6 Å². The number of aliphatic hydroxyl groups is 1. The molecule has 3 rings (SSSR count). The van der Waals surface area contributed by atoms with Gasteiger partial charge in [0.25, 0.3) is 0 Å². The van der Waals surface area contributed by atoms with Crippen LogP contribution < -0.4 is 0 Å². The van der Waals surface area contributed by atoms with Gasteiger partial charge >= 0.3 is 11.9 Å². The maximum atomic E-state index is 11.9. The summed E-state index contributed by atoms with van der Waals surface area (Å²) in [5.41, 5.74) is 0.441. The van der Waals surface area contributed by atoms with E-state index in [1.54, 1.807) is 0 Å². The quantitative estimate of drug-likeness (QED) is 0.591. The van der Waals surface area contributed by atoms with Crippen molar-refractivity contribution < 1.29 is 24.2 Å². The van der Waals surface area contributed by atoms with Crippen LogP contribution >= 0.6 is 0 Å². The zero-order valence-corrected chi connectivity index (χ0v) is 13.4. The SMILES string of the molecule is C=C1CC(OC(C)=O)C(O)C2(C)CCC3C(C)C(=O)OC3C12. The van der Waals surface area contributed by atoms with Gasteiger partial charge in [0.1, 0.15) is 12.2 Å². The van der Waals surface area contributed by atoms with Crippen LogP contribution in [-0.4, -0.2) is 35.4 Å². The van der Waals surface area contributed by atoms with E-state index in [0.717, 1.165) is 18.4 Å². The van der Waals surface area contributed by atoms with E-state index in [-0.39, 0.29) is 29.8 Å². The molecular formula is C17H24O5. The molecule has 0 aromatic heterocycles. The summed E-state index contributed by atoms with van der Waals surface area (Å²) in [6.07, 6.45) is 0.511. The maximum Gasteiger partial charge on any atom is 0.309 e. The molecule has 5 heteroatoms. The first-order valence-corrected chi connectivity index (χ1v) is 7.99. The second-order valence-electron chi connectivity index (χ2n) is 7.33. The Balaban J connectivity index is 1.91. The fourth-order valence-corrected chi connectivity index (χ4v) is 4.80. The monoisotopic (exact) mass is 308 g/mol. The molecule has 22 heavy (non-hydrogen) atoms. The van der Waals surface area contributed by atoms with Crippen molar-refractivity contribution in [1.29, 1.82) is 0 Å². The molecule has 1 heterocycles. The van der Waals surface area contributed by atoms with E-state index in [0.29, 0.717) is 6.42 Å². The number of carbonyl (C=O) groups excluding carboxylic acids is 2. The van der Waals surface area contributed by atoms with Gasteiger partial charge in [-0.25, -0.2) is 0 Å². The second kappa shape index (κ2) is 5.08. The van der Waals surface area contributed by atoms with Gasteiger partial charge in [0.05, 0.1) is 12.0 Å². The van der Waals surface area contributed by atoms with E-state index in [9.17, 15) is 14.7 Å². The van der Waals surface area contributed by atoms with Crippen molar-refractivity contribution in [3.63, 3.8) is 0 Å². The number of carbonyl (C=O) groups is 2. The van der Waals surface area contributed by atoms with E-state index < -0.39 is 23.6 Å². The summed E-state index contributed by atoms with van der Waals surface area (Å²) in [5, 5.41) is 10.8. The molecule has 0 aromatic carbocycles. The number of fused-ring (bicyclic) bond motifs is 3. The third kappa shape index (κ3) is 2.09.